The highest BCUT2D eigenvalue weighted by atomic mass is 19.1. The van der Waals surface area contributed by atoms with E-state index in [0.29, 0.717) is 11.9 Å². The van der Waals surface area contributed by atoms with E-state index in [0.717, 1.165) is 18.2 Å². The molecule has 1 aliphatic rings. The smallest absolute Gasteiger partial charge is 0.239 e. The van der Waals surface area contributed by atoms with E-state index in [-0.39, 0.29) is 5.69 Å². The van der Waals surface area contributed by atoms with Crippen molar-refractivity contribution in [1.82, 2.24) is 15.3 Å². The van der Waals surface area contributed by atoms with Crippen molar-refractivity contribution >= 4 is 11.5 Å². The fraction of sp³-hybridized carbons (Fsp3) is 0.286. The minimum Gasteiger partial charge on any atom is -0.337 e. The van der Waals surface area contributed by atoms with Crippen LogP contribution in [0.3, 0.4) is 0 Å². The third-order valence-electron chi connectivity index (χ3n) is 3.07. The first-order chi connectivity index (χ1) is 9.70. The van der Waals surface area contributed by atoms with Gasteiger partial charge in [-0.05, 0) is 36.6 Å². The molecule has 2 aromatic heterocycles. The quantitative estimate of drug-likeness (QED) is 0.824. The summed E-state index contributed by atoms with van der Waals surface area (Å²) in [6, 6.07) is 6.71. The minimum atomic E-state index is -0.883. The molecule has 2 N–H and O–H groups in total. The molecule has 4 nitrogen and oxygen atoms in total. The average molecular weight is 276 g/mol. The van der Waals surface area contributed by atoms with Crippen LogP contribution in [0.2, 0.25) is 0 Å². The van der Waals surface area contributed by atoms with Crippen molar-refractivity contribution < 1.29 is 8.78 Å². The lowest BCUT2D eigenvalue weighted by atomic mass is 10.2. The average Bonchev–Trinajstić information content (AvgIpc) is 3.25. The maximum Gasteiger partial charge on any atom is 0.239 e. The molecule has 6 heteroatoms. The predicted octanol–water partition coefficient (Wildman–Crippen LogP) is 2.75. The molecule has 20 heavy (non-hydrogen) atoms. The van der Waals surface area contributed by atoms with Gasteiger partial charge in [-0.2, -0.15) is 13.8 Å². The summed E-state index contributed by atoms with van der Waals surface area (Å²) in [5, 5.41) is 6.15. The number of aromatic nitrogens is 2. The highest BCUT2D eigenvalue weighted by Crippen LogP contribution is 2.20. The largest absolute Gasteiger partial charge is 0.337 e. The number of nitrogens with one attached hydrogen (secondary N) is 2. The van der Waals surface area contributed by atoms with Crippen molar-refractivity contribution in [2.75, 3.05) is 5.32 Å². The zero-order valence-corrected chi connectivity index (χ0v) is 10.7. The van der Waals surface area contributed by atoms with Crippen LogP contribution in [-0.2, 0) is 6.54 Å². The van der Waals surface area contributed by atoms with E-state index in [1.807, 2.05) is 6.07 Å². The highest BCUT2D eigenvalue weighted by molar-refractivity contribution is 5.55. The Bertz CT molecular complexity index is 597. The van der Waals surface area contributed by atoms with Gasteiger partial charge in [-0.1, -0.05) is 6.07 Å². The summed E-state index contributed by atoms with van der Waals surface area (Å²) in [5.74, 6) is -1.23. The Kier molecular flexibility index (Phi) is 3.56. The molecule has 3 rings (SSSR count). The lowest BCUT2D eigenvalue weighted by Gasteiger charge is -2.07. The molecule has 1 aliphatic carbocycles. The Morgan fingerprint density at radius 2 is 2.00 bits per heavy atom. The molecular formula is C14H14F2N4. The summed E-state index contributed by atoms with van der Waals surface area (Å²) in [7, 11) is 0. The predicted molar refractivity (Wildman–Crippen MR) is 71.5 cm³/mol. The third-order valence-corrected chi connectivity index (χ3v) is 3.07. The topological polar surface area (TPSA) is 49.8 Å². The van der Waals surface area contributed by atoms with Gasteiger partial charge < -0.3 is 10.6 Å². The number of rotatable bonds is 5. The van der Waals surface area contributed by atoms with Crippen molar-refractivity contribution in [2.45, 2.75) is 25.4 Å². The van der Waals surface area contributed by atoms with Gasteiger partial charge in [-0.3, -0.25) is 0 Å². The molecule has 0 saturated heterocycles. The number of nitrogens with zero attached hydrogens (tertiary/aromatic N) is 2. The molecule has 2 aromatic rings. The van der Waals surface area contributed by atoms with Crippen molar-refractivity contribution in [1.29, 1.82) is 0 Å². The molecule has 0 aliphatic heterocycles. The van der Waals surface area contributed by atoms with Gasteiger partial charge in [-0.15, -0.1) is 0 Å². The zero-order valence-electron chi connectivity index (χ0n) is 10.7. The molecule has 1 fully saturated rings. The van der Waals surface area contributed by atoms with E-state index in [9.17, 15) is 8.78 Å². The molecule has 0 aromatic carbocycles. The van der Waals surface area contributed by atoms with Crippen LogP contribution >= 0.6 is 0 Å². The van der Waals surface area contributed by atoms with Crippen LogP contribution < -0.4 is 10.6 Å². The molecule has 0 atom stereocenters. The Balaban J connectivity index is 1.64. The number of pyridine rings is 2. The van der Waals surface area contributed by atoms with E-state index in [1.165, 1.54) is 18.9 Å². The van der Waals surface area contributed by atoms with Gasteiger partial charge in [-0.25, -0.2) is 4.98 Å². The van der Waals surface area contributed by atoms with Crippen LogP contribution in [0.4, 0.5) is 20.3 Å². The summed E-state index contributed by atoms with van der Waals surface area (Å²) in [6.07, 6.45) is 4.21. The second kappa shape index (κ2) is 5.50. The fourth-order valence-electron chi connectivity index (χ4n) is 1.80. The fourth-order valence-corrected chi connectivity index (χ4v) is 1.80. The van der Waals surface area contributed by atoms with E-state index in [4.69, 9.17) is 0 Å². The standard InChI is InChI=1S/C14H14F2N4/c15-12-5-4-11(14(16)20-12)19-13-6-1-9(8-18-13)7-17-10-2-3-10/h1,4-6,8,10,17H,2-3,7H2,(H,18,19). The summed E-state index contributed by atoms with van der Waals surface area (Å²) in [4.78, 5) is 7.31. The first-order valence-electron chi connectivity index (χ1n) is 6.48. The Morgan fingerprint density at radius 3 is 2.65 bits per heavy atom. The summed E-state index contributed by atoms with van der Waals surface area (Å²) in [5.41, 5.74) is 1.17. The molecule has 0 radical (unpaired) electrons. The van der Waals surface area contributed by atoms with Crippen LogP contribution in [0.25, 0.3) is 0 Å². The maximum absolute atomic E-state index is 13.4. The van der Waals surface area contributed by atoms with Gasteiger partial charge in [0.15, 0.2) is 0 Å². The Labute approximate surface area is 115 Å². The molecule has 1 saturated carbocycles. The van der Waals surface area contributed by atoms with Crippen molar-refractivity contribution in [3.63, 3.8) is 0 Å². The Morgan fingerprint density at radius 1 is 1.15 bits per heavy atom. The van der Waals surface area contributed by atoms with Gasteiger partial charge in [0, 0.05) is 18.8 Å². The lowest BCUT2D eigenvalue weighted by Crippen LogP contribution is -2.15. The highest BCUT2D eigenvalue weighted by Gasteiger charge is 2.19. The van der Waals surface area contributed by atoms with Gasteiger partial charge >= 0.3 is 0 Å². The van der Waals surface area contributed by atoms with E-state index in [2.05, 4.69) is 20.6 Å². The minimum absolute atomic E-state index is 0.0998. The Hall–Kier alpha value is -2.08. The molecule has 104 valence electrons. The van der Waals surface area contributed by atoms with Crippen LogP contribution in [0.1, 0.15) is 18.4 Å². The normalized spacial score (nSPS) is 14.3. The van der Waals surface area contributed by atoms with Gasteiger partial charge in [0.2, 0.25) is 11.9 Å². The van der Waals surface area contributed by atoms with Gasteiger partial charge in [0.05, 0.1) is 5.69 Å². The monoisotopic (exact) mass is 276 g/mol. The molecular weight excluding hydrogens is 262 g/mol. The maximum atomic E-state index is 13.4. The van der Waals surface area contributed by atoms with Gasteiger partial charge in [0.25, 0.3) is 0 Å². The number of anilines is 2. The molecule has 0 spiro atoms. The molecule has 0 unspecified atom stereocenters. The van der Waals surface area contributed by atoms with Crippen LogP contribution in [0.5, 0.6) is 0 Å². The summed E-state index contributed by atoms with van der Waals surface area (Å²) < 4.78 is 26.1. The van der Waals surface area contributed by atoms with E-state index < -0.39 is 11.9 Å². The van der Waals surface area contributed by atoms with Crippen LogP contribution in [0.15, 0.2) is 30.5 Å². The summed E-state index contributed by atoms with van der Waals surface area (Å²) >= 11 is 0. The van der Waals surface area contributed by atoms with Crippen molar-refractivity contribution in [3.05, 3.63) is 47.9 Å². The number of hydrogen-bond donors (Lipinski definition) is 2. The van der Waals surface area contributed by atoms with Crippen LogP contribution in [-0.4, -0.2) is 16.0 Å². The van der Waals surface area contributed by atoms with Crippen LogP contribution in [0, 0.1) is 11.9 Å². The first-order valence-corrected chi connectivity index (χ1v) is 6.48. The van der Waals surface area contributed by atoms with Gasteiger partial charge in [0.1, 0.15) is 5.82 Å². The summed E-state index contributed by atoms with van der Waals surface area (Å²) in [6.45, 7) is 0.782. The molecule has 0 bridgehead atoms. The second-order valence-electron chi connectivity index (χ2n) is 4.80. The molecule has 0 amide bonds. The van der Waals surface area contributed by atoms with Crippen molar-refractivity contribution in [3.8, 4) is 0 Å². The second-order valence-corrected chi connectivity index (χ2v) is 4.80. The third kappa shape index (κ3) is 3.27. The lowest BCUT2D eigenvalue weighted by molar-refractivity contribution is 0.515. The zero-order chi connectivity index (χ0) is 13.9. The number of halogens is 2. The van der Waals surface area contributed by atoms with E-state index >= 15 is 0 Å². The molecule has 2 heterocycles. The first kappa shape index (κ1) is 12.9. The number of hydrogen-bond acceptors (Lipinski definition) is 4. The van der Waals surface area contributed by atoms with E-state index in [1.54, 1.807) is 12.3 Å². The van der Waals surface area contributed by atoms with Crippen molar-refractivity contribution in [2.24, 2.45) is 0 Å². The SMILES string of the molecule is Fc1ccc(Nc2ccc(CNC3CC3)cn2)c(F)n1.